The number of nitrogens with zero attached hydrogens (tertiary/aromatic N) is 1. The molecule has 1 heterocycles. The van der Waals surface area contributed by atoms with E-state index in [4.69, 9.17) is 9.47 Å². The number of anilines is 1. The molecule has 0 saturated heterocycles. The van der Waals surface area contributed by atoms with Crippen LogP contribution in [0.15, 0.2) is 65.6 Å². The van der Waals surface area contributed by atoms with Crippen LogP contribution in [0, 0.1) is 0 Å². The topological polar surface area (TPSA) is 76.2 Å². The van der Waals surface area contributed by atoms with Crippen LogP contribution in [0.2, 0.25) is 0 Å². The highest BCUT2D eigenvalue weighted by Crippen LogP contribution is 2.30. The highest BCUT2D eigenvalue weighted by molar-refractivity contribution is 7.99. The zero-order valence-corrected chi connectivity index (χ0v) is 18.4. The van der Waals surface area contributed by atoms with Crippen LogP contribution < -0.4 is 14.8 Å². The molecule has 3 aromatic carbocycles. The third-order valence-corrected chi connectivity index (χ3v) is 5.84. The molecule has 7 heteroatoms. The van der Waals surface area contributed by atoms with Gasteiger partial charge in [-0.05, 0) is 53.3 Å². The molecule has 0 unspecified atom stereocenters. The molecule has 1 amide bonds. The first-order valence-corrected chi connectivity index (χ1v) is 10.9. The Labute approximate surface area is 185 Å². The second-order valence-electron chi connectivity index (χ2n) is 6.81. The lowest BCUT2D eigenvalue weighted by atomic mass is 10.0. The molecular formula is C24H23N3O3S. The van der Waals surface area contributed by atoms with Crippen molar-refractivity contribution in [3.8, 4) is 22.6 Å². The van der Waals surface area contributed by atoms with E-state index in [2.05, 4.69) is 46.7 Å². The molecule has 0 fully saturated rings. The average molecular weight is 434 g/mol. The monoisotopic (exact) mass is 433 g/mol. The van der Waals surface area contributed by atoms with Crippen molar-refractivity contribution in [2.75, 3.05) is 25.3 Å². The van der Waals surface area contributed by atoms with Gasteiger partial charge in [0.1, 0.15) is 11.5 Å². The second kappa shape index (κ2) is 9.14. The number of ether oxygens (including phenoxy) is 2. The molecule has 0 aliphatic carbocycles. The number of amides is 1. The normalized spacial score (nSPS) is 10.8. The fourth-order valence-corrected chi connectivity index (χ4v) is 4.03. The number of hydrogen-bond acceptors (Lipinski definition) is 5. The van der Waals surface area contributed by atoms with Crippen LogP contribution in [-0.4, -0.2) is 36.1 Å². The van der Waals surface area contributed by atoms with E-state index in [1.165, 1.54) is 12.0 Å². The highest BCUT2D eigenvalue weighted by Gasteiger charge is 2.16. The first-order chi connectivity index (χ1) is 15.1. The Morgan fingerprint density at radius 1 is 1.00 bits per heavy atom. The van der Waals surface area contributed by atoms with Gasteiger partial charge in [0.15, 0.2) is 5.82 Å². The van der Waals surface area contributed by atoms with E-state index in [0.29, 0.717) is 22.9 Å². The van der Waals surface area contributed by atoms with Crippen LogP contribution >= 0.6 is 11.8 Å². The molecule has 0 atom stereocenters. The summed E-state index contributed by atoms with van der Waals surface area (Å²) < 4.78 is 10.5. The fraction of sp³-hybridized carbons (Fsp3) is 0.167. The number of carbonyl (C=O) groups is 1. The minimum Gasteiger partial charge on any atom is -0.497 e. The summed E-state index contributed by atoms with van der Waals surface area (Å²) in [5.74, 6) is 2.27. The van der Waals surface area contributed by atoms with Crippen molar-refractivity contribution in [1.82, 2.24) is 10.2 Å². The maximum Gasteiger partial charge on any atom is 0.260 e. The van der Waals surface area contributed by atoms with Crippen molar-refractivity contribution >= 4 is 34.4 Å². The van der Waals surface area contributed by atoms with Gasteiger partial charge in [-0.1, -0.05) is 25.1 Å². The van der Waals surface area contributed by atoms with Gasteiger partial charge < -0.3 is 14.8 Å². The van der Waals surface area contributed by atoms with Crippen molar-refractivity contribution in [3.05, 3.63) is 66.2 Å². The number of H-pyrrole nitrogens is 1. The first-order valence-electron chi connectivity index (χ1n) is 9.87. The van der Waals surface area contributed by atoms with Crippen LogP contribution in [0.4, 0.5) is 5.82 Å². The molecule has 4 aromatic rings. The van der Waals surface area contributed by atoms with Gasteiger partial charge in [-0.3, -0.25) is 9.89 Å². The van der Waals surface area contributed by atoms with Gasteiger partial charge in [-0.25, -0.2) is 0 Å². The lowest BCUT2D eigenvalue weighted by molar-refractivity contribution is 0.102. The molecule has 4 rings (SSSR count). The van der Waals surface area contributed by atoms with E-state index < -0.39 is 0 Å². The average Bonchev–Trinajstić information content (AvgIpc) is 3.21. The van der Waals surface area contributed by atoms with Crippen LogP contribution in [0.25, 0.3) is 22.0 Å². The van der Waals surface area contributed by atoms with Crippen molar-refractivity contribution < 1.29 is 14.3 Å². The Morgan fingerprint density at radius 2 is 1.77 bits per heavy atom. The zero-order chi connectivity index (χ0) is 21.8. The molecular weight excluding hydrogens is 410 g/mol. The molecule has 0 aliphatic rings. The molecule has 2 N–H and O–H groups in total. The largest absolute Gasteiger partial charge is 0.497 e. The van der Waals surface area contributed by atoms with Gasteiger partial charge in [0.2, 0.25) is 0 Å². The molecule has 6 nitrogen and oxygen atoms in total. The molecule has 0 spiro atoms. The number of thioether (sulfide) groups is 1. The smallest absolute Gasteiger partial charge is 0.260 e. The number of carbonyl (C=O) groups excluding carboxylic acids is 1. The Morgan fingerprint density at radius 3 is 2.48 bits per heavy atom. The molecule has 31 heavy (non-hydrogen) atoms. The van der Waals surface area contributed by atoms with Crippen molar-refractivity contribution in [3.63, 3.8) is 0 Å². The van der Waals surface area contributed by atoms with Crippen LogP contribution in [0.5, 0.6) is 11.5 Å². The Bertz CT molecular complexity index is 1220. The number of aromatic amines is 1. The maximum absolute atomic E-state index is 12.8. The molecule has 0 bridgehead atoms. The van der Waals surface area contributed by atoms with Crippen molar-refractivity contribution in [1.29, 1.82) is 0 Å². The summed E-state index contributed by atoms with van der Waals surface area (Å²) in [6, 6.07) is 19.6. The third kappa shape index (κ3) is 4.36. The van der Waals surface area contributed by atoms with Crippen LogP contribution in [0.1, 0.15) is 17.3 Å². The number of aromatic nitrogens is 2. The second-order valence-corrected chi connectivity index (χ2v) is 8.15. The first kappa shape index (κ1) is 20.8. The number of benzene rings is 3. The summed E-state index contributed by atoms with van der Waals surface area (Å²) in [5.41, 5.74) is 3.46. The third-order valence-electron chi connectivity index (χ3n) is 4.95. The van der Waals surface area contributed by atoms with E-state index in [-0.39, 0.29) is 5.91 Å². The minimum absolute atomic E-state index is 0.305. The van der Waals surface area contributed by atoms with E-state index in [1.807, 2.05) is 30.0 Å². The number of nitrogens with one attached hydrogen (secondary N) is 2. The Kier molecular flexibility index (Phi) is 6.13. The van der Waals surface area contributed by atoms with E-state index in [9.17, 15) is 4.79 Å². The summed E-state index contributed by atoms with van der Waals surface area (Å²) in [4.78, 5) is 14.1. The summed E-state index contributed by atoms with van der Waals surface area (Å²) in [6.45, 7) is 2.14. The van der Waals surface area contributed by atoms with Gasteiger partial charge in [0.25, 0.3) is 5.91 Å². The van der Waals surface area contributed by atoms with Gasteiger partial charge >= 0.3 is 0 Å². The lowest BCUT2D eigenvalue weighted by Crippen LogP contribution is -2.13. The minimum atomic E-state index is -0.305. The van der Waals surface area contributed by atoms with Crippen LogP contribution in [0.3, 0.4) is 0 Å². The predicted octanol–water partition coefficient (Wildman–Crippen LogP) is 5.61. The number of methoxy groups -OCH3 is 2. The Balaban J connectivity index is 1.58. The zero-order valence-electron chi connectivity index (χ0n) is 17.6. The predicted molar refractivity (Wildman–Crippen MR) is 125 cm³/mol. The van der Waals surface area contributed by atoms with E-state index in [0.717, 1.165) is 27.8 Å². The van der Waals surface area contributed by atoms with Crippen molar-refractivity contribution in [2.45, 2.75) is 11.8 Å². The summed E-state index contributed by atoms with van der Waals surface area (Å²) >= 11 is 1.82. The number of hydrogen-bond donors (Lipinski definition) is 2. The van der Waals surface area contributed by atoms with Gasteiger partial charge in [-0.2, -0.15) is 5.10 Å². The summed E-state index contributed by atoms with van der Waals surface area (Å²) in [5, 5.41) is 11.0. The van der Waals surface area contributed by atoms with E-state index >= 15 is 0 Å². The lowest BCUT2D eigenvalue weighted by Gasteiger charge is -2.10. The molecule has 0 aliphatic heterocycles. The molecule has 1 aromatic heterocycles. The summed E-state index contributed by atoms with van der Waals surface area (Å²) in [7, 11) is 3.08. The van der Waals surface area contributed by atoms with Gasteiger partial charge in [-0.15, -0.1) is 11.8 Å². The van der Waals surface area contributed by atoms with Gasteiger partial charge in [0, 0.05) is 16.3 Å². The van der Waals surface area contributed by atoms with Crippen LogP contribution in [-0.2, 0) is 0 Å². The standard InChI is InChI=1S/C24H23N3O3S/c1-4-31-18-9-5-15(6-10-18)16-7-11-19-21(13-16)26-27-23(19)25-24(28)20-12-8-17(29-2)14-22(20)30-3/h5-14H,4H2,1-3H3,(H2,25,26,27,28). The molecule has 0 saturated carbocycles. The Hall–Kier alpha value is -3.45. The maximum atomic E-state index is 12.8. The highest BCUT2D eigenvalue weighted by atomic mass is 32.2. The number of fused-ring (bicyclic) bond motifs is 1. The fourth-order valence-electron chi connectivity index (χ4n) is 3.37. The van der Waals surface area contributed by atoms with Crippen molar-refractivity contribution in [2.24, 2.45) is 0 Å². The van der Waals surface area contributed by atoms with E-state index in [1.54, 1.807) is 25.3 Å². The molecule has 158 valence electrons. The number of rotatable bonds is 7. The summed E-state index contributed by atoms with van der Waals surface area (Å²) in [6.07, 6.45) is 0. The molecule has 0 radical (unpaired) electrons. The SMILES string of the molecule is CCSc1ccc(-c2ccc3c(NC(=O)c4ccc(OC)cc4OC)n[nH]c3c2)cc1. The van der Waals surface area contributed by atoms with Gasteiger partial charge in [0.05, 0.1) is 25.3 Å². The quantitative estimate of drug-likeness (QED) is 0.370.